The number of likely N-dealkylation sites (N-methyl/N-ethyl adjacent to an activating group) is 2. The number of hydrogen-bond donors (Lipinski definition) is 3. The summed E-state index contributed by atoms with van der Waals surface area (Å²) in [6.45, 7) is 2.47. The van der Waals surface area contributed by atoms with Crippen LogP contribution in [0.5, 0.6) is 0 Å². The van der Waals surface area contributed by atoms with E-state index in [2.05, 4.69) is 10.6 Å². The third kappa shape index (κ3) is 5.52. The number of benzene rings is 1. The number of carbonyl (C=O) groups excluding carboxylic acids is 2. The third-order valence-corrected chi connectivity index (χ3v) is 2.72. The van der Waals surface area contributed by atoms with Crippen molar-refractivity contribution >= 4 is 17.9 Å². The molecule has 3 N–H and O–H groups in total. The lowest BCUT2D eigenvalue weighted by Gasteiger charge is -2.17. The smallest absolute Gasteiger partial charge is 0.335 e. The topological polar surface area (TPSA) is 98.7 Å². The Morgan fingerprint density at radius 1 is 1.24 bits per heavy atom. The second-order valence-corrected chi connectivity index (χ2v) is 4.47. The van der Waals surface area contributed by atoms with Crippen LogP contribution in [0.2, 0.25) is 0 Å². The zero-order valence-corrected chi connectivity index (χ0v) is 12.0. The van der Waals surface area contributed by atoms with Crippen molar-refractivity contribution in [2.75, 3.05) is 20.1 Å². The summed E-state index contributed by atoms with van der Waals surface area (Å²) in [5.74, 6) is -1.25. The molecule has 7 heteroatoms. The van der Waals surface area contributed by atoms with Crippen molar-refractivity contribution in [3.8, 4) is 0 Å². The molecular formula is C14H19N3O4. The van der Waals surface area contributed by atoms with Crippen LogP contribution in [0.4, 0.5) is 4.79 Å². The molecule has 0 aliphatic heterocycles. The number of nitrogens with zero attached hydrogens (tertiary/aromatic N) is 1. The average molecular weight is 293 g/mol. The number of carboxylic acids is 1. The highest BCUT2D eigenvalue weighted by molar-refractivity contribution is 5.87. The summed E-state index contributed by atoms with van der Waals surface area (Å²) in [4.78, 5) is 35.2. The fraction of sp³-hybridized carbons (Fsp3) is 0.357. The zero-order valence-electron chi connectivity index (χ0n) is 12.0. The molecule has 0 saturated heterocycles. The number of nitrogens with one attached hydrogen (secondary N) is 2. The number of amides is 3. The summed E-state index contributed by atoms with van der Waals surface area (Å²) in [7, 11) is 1.51. The fourth-order valence-electron chi connectivity index (χ4n) is 1.67. The minimum Gasteiger partial charge on any atom is -0.478 e. The summed E-state index contributed by atoms with van der Waals surface area (Å²) in [5, 5.41) is 14.1. The molecule has 114 valence electrons. The molecule has 0 unspecified atom stereocenters. The van der Waals surface area contributed by atoms with Gasteiger partial charge in [-0.2, -0.15) is 0 Å². The number of carbonyl (C=O) groups is 3. The molecule has 0 saturated carbocycles. The number of rotatable bonds is 6. The maximum atomic E-state index is 11.8. The maximum Gasteiger partial charge on any atom is 0.335 e. The van der Waals surface area contributed by atoms with E-state index in [0.717, 1.165) is 0 Å². The molecule has 1 rings (SSSR count). The molecule has 1 aromatic carbocycles. The predicted molar refractivity (Wildman–Crippen MR) is 77.0 cm³/mol. The Bertz CT molecular complexity index is 531. The Morgan fingerprint density at radius 3 is 2.57 bits per heavy atom. The van der Waals surface area contributed by atoms with Crippen molar-refractivity contribution in [2.24, 2.45) is 0 Å². The molecule has 0 aliphatic rings. The van der Waals surface area contributed by atoms with Crippen LogP contribution in [-0.4, -0.2) is 48.1 Å². The standard InChI is InChI=1S/C14H19N3O4/c1-3-15-12(18)9-17(2)14(21)16-8-10-5-4-6-11(7-10)13(19)20/h4-7H,3,8-9H2,1-2H3,(H,15,18)(H,16,21)(H,19,20). The lowest BCUT2D eigenvalue weighted by molar-refractivity contribution is -0.121. The van der Waals surface area contributed by atoms with Gasteiger partial charge < -0.3 is 20.6 Å². The predicted octanol–water partition coefficient (Wildman–Crippen LogP) is 0.662. The van der Waals surface area contributed by atoms with Gasteiger partial charge in [0.05, 0.1) is 5.56 Å². The first-order chi connectivity index (χ1) is 9.93. The van der Waals surface area contributed by atoms with E-state index in [1.54, 1.807) is 19.1 Å². The van der Waals surface area contributed by atoms with Crippen LogP contribution >= 0.6 is 0 Å². The molecule has 0 fully saturated rings. The summed E-state index contributed by atoms with van der Waals surface area (Å²) >= 11 is 0. The van der Waals surface area contributed by atoms with Crippen LogP contribution < -0.4 is 10.6 Å². The summed E-state index contributed by atoms with van der Waals surface area (Å²) in [5.41, 5.74) is 0.840. The third-order valence-electron chi connectivity index (χ3n) is 2.72. The van der Waals surface area contributed by atoms with Crippen molar-refractivity contribution in [2.45, 2.75) is 13.5 Å². The minimum atomic E-state index is -1.02. The maximum absolute atomic E-state index is 11.8. The SMILES string of the molecule is CCNC(=O)CN(C)C(=O)NCc1cccc(C(=O)O)c1. The van der Waals surface area contributed by atoms with E-state index in [4.69, 9.17) is 5.11 Å². The van der Waals surface area contributed by atoms with E-state index in [1.165, 1.54) is 24.1 Å². The molecule has 21 heavy (non-hydrogen) atoms. The Balaban J connectivity index is 2.50. The van der Waals surface area contributed by atoms with Gasteiger partial charge in [0.25, 0.3) is 0 Å². The van der Waals surface area contributed by atoms with Gasteiger partial charge >= 0.3 is 12.0 Å². The molecule has 0 aliphatic carbocycles. The summed E-state index contributed by atoms with van der Waals surface area (Å²) < 4.78 is 0. The van der Waals surface area contributed by atoms with Crippen molar-refractivity contribution in [3.05, 3.63) is 35.4 Å². The Morgan fingerprint density at radius 2 is 1.95 bits per heavy atom. The summed E-state index contributed by atoms with van der Waals surface area (Å²) in [6, 6.07) is 5.91. The molecular weight excluding hydrogens is 274 g/mol. The average Bonchev–Trinajstić information content (AvgIpc) is 2.45. The van der Waals surface area contributed by atoms with E-state index >= 15 is 0 Å². The highest BCUT2D eigenvalue weighted by atomic mass is 16.4. The lowest BCUT2D eigenvalue weighted by atomic mass is 10.1. The van der Waals surface area contributed by atoms with E-state index < -0.39 is 12.0 Å². The van der Waals surface area contributed by atoms with Crippen molar-refractivity contribution in [3.63, 3.8) is 0 Å². The van der Waals surface area contributed by atoms with Crippen LogP contribution in [-0.2, 0) is 11.3 Å². The van der Waals surface area contributed by atoms with Gasteiger partial charge in [0.1, 0.15) is 6.54 Å². The highest BCUT2D eigenvalue weighted by Gasteiger charge is 2.12. The Kier molecular flexibility index (Phi) is 6.19. The van der Waals surface area contributed by atoms with Gasteiger partial charge in [-0.15, -0.1) is 0 Å². The molecule has 0 atom stereocenters. The molecule has 0 aromatic heterocycles. The molecule has 1 aromatic rings. The number of carboxylic acid groups (broad SMARTS) is 1. The monoisotopic (exact) mass is 293 g/mol. The van der Waals surface area contributed by atoms with Crippen molar-refractivity contribution in [1.82, 2.24) is 15.5 Å². The van der Waals surface area contributed by atoms with Gasteiger partial charge in [-0.25, -0.2) is 9.59 Å². The number of urea groups is 1. The molecule has 0 radical (unpaired) electrons. The fourth-order valence-corrected chi connectivity index (χ4v) is 1.67. The second-order valence-electron chi connectivity index (χ2n) is 4.47. The first-order valence-corrected chi connectivity index (χ1v) is 6.52. The van der Waals surface area contributed by atoms with Crippen LogP contribution in [0, 0.1) is 0 Å². The first kappa shape index (κ1) is 16.5. The first-order valence-electron chi connectivity index (χ1n) is 6.52. The van der Waals surface area contributed by atoms with Crippen LogP contribution in [0.15, 0.2) is 24.3 Å². The minimum absolute atomic E-state index is 0.0329. The molecule has 0 heterocycles. The largest absolute Gasteiger partial charge is 0.478 e. The zero-order chi connectivity index (χ0) is 15.8. The van der Waals surface area contributed by atoms with Crippen LogP contribution in [0.3, 0.4) is 0 Å². The van der Waals surface area contributed by atoms with E-state index in [9.17, 15) is 14.4 Å². The van der Waals surface area contributed by atoms with Gasteiger partial charge in [0, 0.05) is 20.1 Å². The quantitative estimate of drug-likeness (QED) is 0.717. The van der Waals surface area contributed by atoms with E-state index in [0.29, 0.717) is 12.1 Å². The molecule has 0 bridgehead atoms. The highest BCUT2D eigenvalue weighted by Crippen LogP contribution is 2.05. The summed E-state index contributed by atoms with van der Waals surface area (Å²) in [6.07, 6.45) is 0. The number of aromatic carboxylic acids is 1. The Hall–Kier alpha value is -2.57. The normalized spacial score (nSPS) is 9.81. The second kappa shape index (κ2) is 7.88. The van der Waals surface area contributed by atoms with Gasteiger partial charge in [-0.3, -0.25) is 4.79 Å². The van der Waals surface area contributed by atoms with Gasteiger partial charge in [-0.05, 0) is 24.6 Å². The van der Waals surface area contributed by atoms with Gasteiger partial charge in [0.2, 0.25) is 5.91 Å². The van der Waals surface area contributed by atoms with Crippen molar-refractivity contribution < 1.29 is 19.5 Å². The Labute approximate surface area is 122 Å². The van der Waals surface area contributed by atoms with Crippen molar-refractivity contribution in [1.29, 1.82) is 0 Å². The lowest BCUT2D eigenvalue weighted by Crippen LogP contribution is -2.43. The molecule has 3 amide bonds. The van der Waals surface area contributed by atoms with E-state index in [1.807, 2.05) is 0 Å². The molecule has 7 nitrogen and oxygen atoms in total. The van der Waals surface area contributed by atoms with E-state index in [-0.39, 0.29) is 24.6 Å². The molecule has 0 spiro atoms. The van der Waals surface area contributed by atoms with Gasteiger partial charge in [-0.1, -0.05) is 12.1 Å². The van der Waals surface area contributed by atoms with Gasteiger partial charge in [0.15, 0.2) is 0 Å². The number of hydrogen-bond acceptors (Lipinski definition) is 3. The van der Waals surface area contributed by atoms with Crippen LogP contribution in [0.1, 0.15) is 22.8 Å². The van der Waals surface area contributed by atoms with Crippen LogP contribution in [0.25, 0.3) is 0 Å².